The SMILES string of the molecule is CCN(C(=O)C(F)(F)C(F)(F)F)C1CCCCC1. The van der Waals surface area contributed by atoms with Crippen molar-refractivity contribution < 1.29 is 26.7 Å². The Morgan fingerprint density at radius 2 is 1.61 bits per heavy atom. The second-order valence-electron chi connectivity index (χ2n) is 4.46. The van der Waals surface area contributed by atoms with Gasteiger partial charge in [-0.25, -0.2) is 0 Å². The summed E-state index contributed by atoms with van der Waals surface area (Å²) in [5.41, 5.74) is 0. The van der Waals surface area contributed by atoms with Gasteiger partial charge in [-0.05, 0) is 19.8 Å². The van der Waals surface area contributed by atoms with Crippen LogP contribution in [0.25, 0.3) is 0 Å². The number of carbonyl (C=O) groups is 1. The van der Waals surface area contributed by atoms with Crippen molar-refractivity contribution in [3.05, 3.63) is 0 Å². The second-order valence-corrected chi connectivity index (χ2v) is 4.46. The maximum absolute atomic E-state index is 13.0. The Morgan fingerprint density at radius 3 is 2.00 bits per heavy atom. The molecule has 0 N–H and O–H groups in total. The van der Waals surface area contributed by atoms with Gasteiger partial charge in [-0.1, -0.05) is 19.3 Å². The van der Waals surface area contributed by atoms with Crippen LogP contribution in [0.2, 0.25) is 0 Å². The molecule has 0 radical (unpaired) electrons. The lowest BCUT2D eigenvalue weighted by molar-refractivity contribution is -0.275. The second kappa shape index (κ2) is 5.40. The van der Waals surface area contributed by atoms with Crippen molar-refractivity contribution in [2.45, 2.75) is 57.2 Å². The summed E-state index contributed by atoms with van der Waals surface area (Å²) in [5, 5.41) is 0. The minimum Gasteiger partial charge on any atom is -0.334 e. The normalized spacial score (nSPS) is 18.8. The van der Waals surface area contributed by atoms with Crippen molar-refractivity contribution >= 4 is 5.91 Å². The van der Waals surface area contributed by atoms with Gasteiger partial charge >= 0.3 is 18.0 Å². The van der Waals surface area contributed by atoms with Crippen LogP contribution in [0.1, 0.15) is 39.0 Å². The Balaban J connectivity index is 2.84. The third-order valence-electron chi connectivity index (χ3n) is 3.24. The first-order valence-electron chi connectivity index (χ1n) is 5.97. The fraction of sp³-hybridized carbons (Fsp3) is 0.909. The van der Waals surface area contributed by atoms with E-state index in [1.54, 1.807) is 0 Å². The summed E-state index contributed by atoms with van der Waals surface area (Å²) in [6.07, 6.45) is -2.40. The van der Waals surface area contributed by atoms with Crippen LogP contribution in [0.15, 0.2) is 0 Å². The number of rotatable bonds is 3. The van der Waals surface area contributed by atoms with Crippen LogP contribution in [-0.4, -0.2) is 35.5 Å². The molecule has 0 bridgehead atoms. The van der Waals surface area contributed by atoms with Gasteiger partial charge in [0.05, 0.1) is 0 Å². The molecular weight excluding hydrogens is 257 g/mol. The highest BCUT2D eigenvalue weighted by Gasteiger charge is 2.64. The maximum atomic E-state index is 13.0. The minimum absolute atomic E-state index is 0.130. The molecule has 106 valence electrons. The summed E-state index contributed by atoms with van der Waals surface area (Å²) in [4.78, 5) is 12.1. The molecule has 1 aliphatic carbocycles. The van der Waals surface area contributed by atoms with Crippen molar-refractivity contribution in [2.75, 3.05) is 6.54 Å². The Labute approximate surface area is 102 Å². The van der Waals surface area contributed by atoms with Crippen molar-refractivity contribution in [3.63, 3.8) is 0 Å². The van der Waals surface area contributed by atoms with E-state index in [0.717, 1.165) is 19.3 Å². The van der Waals surface area contributed by atoms with Gasteiger partial charge in [-0.2, -0.15) is 22.0 Å². The van der Waals surface area contributed by atoms with E-state index in [2.05, 4.69) is 0 Å². The van der Waals surface area contributed by atoms with Gasteiger partial charge in [0.2, 0.25) is 0 Å². The van der Waals surface area contributed by atoms with Gasteiger partial charge in [-0.3, -0.25) is 4.79 Å². The van der Waals surface area contributed by atoms with E-state index < -0.39 is 24.0 Å². The third-order valence-corrected chi connectivity index (χ3v) is 3.24. The highest BCUT2D eigenvalue weighted by molar-refractivity contribution is 5.84. The zero-order chi connectivity index (χ0) is 14.0. The lowest BCUT2D eigenvalue weighted by Gasteiger charge is -2.35. The molecule has 1 rings (SSSR count). The number of hydrogen-bond acceptors (Lipinski definition) is 1. The number of hydrogen-bond donors (Lipinski definition) is 0. The lowest BCUT2D eigenvalue weighted by atomic mass is 9.94. The number of nitrogens with zero attached hydrogens (tertiary/aromatic N) is 1. The zero-order valence-electron chi connectivity index (χ0n) is 10.1. The molecule has 0 unspecified atom stereocenters. The summed E-state index contributed by atoms with van der Waals surface area (Å²) in [6.45, 7) is 1.29. The standard InChI is InChI=1S/C11H16F5NO/c1-2-17(8-6-4-3-5-7-8)9(18)10(12,13)11(14,15)16/h8H,2-7H2,1H3. The van der Waals surface area contributed by atoms with Gasteiger partial charge in [-0.15, -0.1) is 0 Å². The smallest absolute Gasteiger partial charge is 0.334 e. The Bertz CT molecular complexity index is 296. The molecule has 2 nitrogen and oxygen atoms in total. The molecule has 0 saturated heterocycles. The highest BCUT2D eigenvalue weighted by Crippen LogP contribution is 2.38. The van der Waals surface area contributed by atoms with Crippen LogP contribution in [0.3, 0.4) is 0 Å². The van der Waals surface area contributed by atoms with E-state index in [4.69, 9.17) is 0 Å². The molecule has 0 aromatic rings. The molecule has 7 heteroatoms. The van der Waals surface area contributed by atoms with Crippen molar-refractivity contribution in [2.24, 2.45) is 0 Å². The Kier molecular flexibility index (Phi) is 4.55. The number of halogens is 5. The first kappa shape index (κ1) is 15.2. The molecule has 1 fully saturated rings. The molecule has 1 aliphatic rings. The van der Waals surface area contributed by atoms with Gasteiger partial charge < -0.3 is 4.90 Å². The summed E-state index contributed by atoms with van der Waals surface area (Å²) >= 11 is 0. The van der Waals surface area contributed by atoms with Gasteiger partial charge in [0.1, 0.15) is 0 Å². The van der Waals surface area contributed by atoms with E-state index >= 15 is 0 Å². The number of alkyl halides is 5. The zero-order valence-corrected chi connectivity index (χ0v) is 10.1. The average molecular weight is 273 g/mol. The lowest BCUT2D eigenvalue weighted by Crippen LogP contribution is -2.55. The Hall–Kier alpha value is -0.880. The van der Waals surface area contributed by atoms with Gasteiger partial charge in [0.15, 0.2) is 0 Å². The van der Waals surface area contributed by atoms with E-state index in [-0.39, 0.29) is 6.54 Å². The highest BCUT2D eigenvalue weighted by atomic mass is 19.4. The fourth-order valence-corrected chi connectivity index (χ4v) is 2.26. The molecule has 18 heavy (non-hydrogen) atoms. The topological polar surface area (TPSA) is 20.3 Å². The molecule has 0 atom stereocenters. The molecule has 0 spiro atoms. The van der Waals surface area contributed by atoms with E-state index in [1.807, 2.05) is 0 Å². The molecule has 0 aromatic heterocycles. The van der Waals surface area contributed by atoms with Crippen molar-refractivity contribution in [1.82, 2.24) is 4.90 Å². The first-order chi connectivity index (χ1) is 8.21. The predicted octanol–water partition coefficient (Wildman–Crippen LogP) is 3.37. The Morgan fingerprint density at radius 1 is 1.11 bits per heavy atom. The van der Waals surface area contributed by atoms with Crippen LogP contribution < -0.4 is 0 Å². The van der Waals surface area contributed by atoms with E-state index in [9.17, 15) is 26.7 Å². The maximum Gasteiger partial charge on any atom is 0.463 e. The summed E-state index contributed by atoms with van der Waals surface area (Å²) < 4.78 is 62.5. The van der Waals surface area contributed by atoms with E-state index in [0.29, 0.717) is 17.7 Å². The molecule has 0 heterocycles. The average Bonchev–Trinajstić information content (AvgIpc) is 2.29. The largest absolute Gasteiger partial charge is 0.463 e. The summed E-state index contributed by atoms with van der Waals surface area (Å²) in [5.74, 6) is -7.41. The third kappa shape index (κ3) is 2.92. The van der Waals surface area contributed by atoms with Crippen molar-refractivity contribution in [1.29, 1.82) is 0 Å². The molecule has 1 saturated carbocycles. The number of carbonyl (C=O) groups excluding carboxylic acids is 1. The van der Waals surface area contributed by atoms with Crippen LogP contribution >= 0.6 is 0 Å². The molecular formula is C11H16F5NO. The monoisotopic (exact) mass is 273 g/mol. The van der Waals surface area contributed by atoms with Crippen LogP contribution in [0.4, 0.5) is 22.0 Å². The fourth-order valence-electron chi connectivity index (χ4n) is 2.26. The molecule has 0 aromatic carbocycles. The summed E-state index contributed by atoms with van der Waals surface area (Å²) in [7, 11) is 0. The molecule has 1 amide bonds. The van der Waals surface area contributed by atoms with Gasteiger partial charge in [0.25, 0.3) is 0 Å². The van der Waals surface area contributed by atoms with Gasteiger partial charge in [0, 0.05) is 12.6 Å². The minimum atomic E-state index is -5.83. The predicted molar refractivity (Wildman–Crippen MR) is 55.3 cm³/mol. The number of amides is 1. The molecule has 0 aliphatic heterocycles. The van der Waals surface area contributed by atoms with E-state index in [1.165, 1.54) is 6.92 Å². The van der Waals surface area contributed by atoms with Crippen LogP contribution in [0.5, 0.6) is 0 Å². The van der Waals surface area contributed by atoms with Crippen molar-refractivity contribution in [3.8, 4) is 0 Å². The van der Waals surface area contributed by atoms with Crippen LogP contribution in [-0.2, 0) is 4.79 Å². The summed E-state index contributed by atoms with van der Waals surface area (Å²) in [6, 6.07) is -0.496. The quantitative estimate of drug-likeness (QED) is 0.722. The first-order valence-corrected chi connectivity index (χ1v) is 5.97. The van der Waals surface area contributed by atoms with Crippen LogP contribution in [0, 0.1) is 0 Å².